The summed E-state index contributed by atoms with van der Waals surface area (Å²) in [4.78, 5) is 31.0. The lowest BCUT2D eigenvalue weighted by atomic mass is 10.1. The molecule has 94 valence electrons. The summed E-state index contributed by atoms with van der Waals surface area (Å²) in [5.74, 6) is -0.275. The average Bonchev–Trinajstić information content (AvgIpc) is 2.88. The van der Waals surface area contributed by atoms with Gasteiger partial charge in [0.05, 0.1) is 0 Å². The average molecular weight is 249 g/mol. The highest BCUT2D eigenvalue weighted by molar-refractivity contribution is 5.97. The fourth-order valence-corrected chi connectivity index (χ4v) is 1.76. The Kier molecular flexibility index (Phi) is 3.22. The number of amides is 2. The van der Waals surface area contributed by atoms with Crippen LogP contribution in [0, 0.1) is 10.1 Å². The van der Waals surface area contributed by atoms with Gasteiger partial charge in [-0.1, -0.05) is 4.68 Å². The highest BCUT2D eigenvalue weighted by atomic mass is 16.7. The van der Waals surface area contributed by atoms with Gasteiger partial charge < -0.3 is 0 Å². The highest BCUT2D eigenvalue weighted by Gasteiger charge is 2.13. The van der Waals surface area contributed by atoms with Crippen molar-refractivity contribution in [3.63, 3.8) is 0 Å². The van der Waals surface area contributed by atoms with Crippen molar-refractivity contribution in [3.8, 4) is 0 Å². The Morgan fingerprint density at radius 3 is 1.72 bits per heavy atom. The Labute approximate surface area is 102 Å². The third kappa shape index (κ3) is 2.45. The van der Waals surface area contributed by atoms with Crippen LogP contribution < -0.4 is 5.32 Å². The summed E-state index contributed by atoms with van der Waals surface area (Å²) in [6.45, 7) is 0. The van der Waals surface area contributed by atoms with Gasteiger partial charge in [0.25, 0.3) is 0 Å². The lowest BCUT2D eigenvalue weighted by molar-refractivity contribution is -0.533. The maximum Gasteiger partial charge on any atom is 0.226 e. The number of hydrogen-bond acceptors (Lipinski definition) is 4. The van der Waals surface area contributed by atoms with Gasteiger partial charge >= 0.3 is 0 Å². The van der Waals surface area contributed by atoms with Crippen molar-refractivity contribution in [1.29, 1.82) is 0 Å². The van der Waals surface area contributed by atoms with E-state index >= 15 is 0 Å². The van der Waals surface area contributed by atoms with Crippen LogP contribution in [0.3, 0.4) is 0 Å². The molecule has 1 N–H and O–H groups in total. The first-order chi connectivity index (χ1) is 8.58. The molecule has 3 rings (SSSR count). The van der Waals surface area contributed by atoms with Gasteiger partial charge in [0.1, 0.15) is 11.0 Å². The molecule has 0 aliphatic carbocycles. The fourth-order valence-electron chi connectivity index (χ4n) is 1.76. The number of rotatable bonds is 1. The smallest absolute Gasteiger partial charge is 0.226 e. The van der Waals surface area contributed by atoms with Crippen molar-refractivity contribution >= 4 is 22.8 Å². The van der Waals surface area contributed by atoms with Gasteiger partial charge in [-0.25, -0.2) is 10.1 Å². The molecule has 0 unspecified atom stereocenters. The van der Waals surface area contributed by atoms with Gasteiger partial charge in [-0.2, -0.15) is 0 Å². The van der Waals surface area contributed by atoms with Crippen LogP contribution in [0.4, 0.5) is 0 Å². The molecule has 0 spiro atoms. The first kappa shape index (κ1) is 12.0. The van der Waals surface area contributed by atoms with E-state index in [0.717, 1.165) is 4.68 Å². The molecule has 3 heterocycles. The maximum atomic E-state index is 10.3. The second-order valence-electron chi connectivity index (χ2n) is 3.89. The molecular weight excluding hydrogens is 238 g/mol. The number of nitrogens with one attached hydrogen (secondary N) is 1. The molecule has 18 heavy (non-hydrogen) atoms. The van der Waals surface area contributed by atoms with E-state index in [1.54, 1.807) is 24.3 Å². The zero-order valence-electron chi connectivity index (χ0n) is 9.46. The molecule has 2 aromatic heterocycles. The largest absolute Gasteiger partial charge is 0.296 e. The summed E-state index contributed by atoms with van der Waals surface area (Å²) in [7, 11) is 0. The number of benzene rings is 1. The summed E-state index contributed by atoms with van der Waals surface area (Å²) in [5.41, 5.74) is 1.28. The Morgan fingerprint density at radius 2 is 1.50 bits per heavy atom. The summed E-state index contributed by atoms with van der Waals surface area (Å²) < 4.78 is 1.06. The number of carbonyl (C=O) groups is 2. The SMILES string of the molecule is O=C1CCCC(=O)N1.O=[N+]([O-])n1c2ccc1cc2. The molecule has 0 aromatic carbocycles. The first-order valence-electron chi connectivity index (χ1n) is 5.45. The number of piperidine rings is 1. The van der Waals surface area contributed by atoms with Crippen LogP contribution >= 0.6 is 0 Å². The Hall–Kier alpha value is -2.44. The lowest BCUT2D eigenvalue weighted by Gasteiger charge is -2.07. The summed E-state index contributed by atoms with van der Waals surface area (Å²) >= 11 is 0. The normalized spacial score (nSPS) is 15.1. The summed E-state index contributed by atoms with van der Waals surface area (Å²) in [5, 5.41) is 12.0. The van der Waals surface area contributed by atoms with Crippen molar-refractivity contribution in [3.05, 3.63) is 34.4 Å². The van der Waals surface area contributed by atoms with E-state index in [4.69, 9.17) is 0 Å². The van der Waals surface area contributed by atoms with Crippen molar-refractivity contribution in [2.24, 2.45) is 0 Å². The van der Waals surface area contributed by atoms with E-state index < -0.39 is 5.03 Å². The minimum absolute atomic E-state index is 0.138. The summed E-state index contributed by atoms with van der Waals surface area (Å²) in [6.07, 6.45) is 1.72. The molecule has 0 radical (unpaired) electrons. The van der Waals surface area contributed by atoms with Gasteiger partial charge in [-0.3, -0.25) is 14.9 Å². The number of nitro groups is 1. The topological polar surface area (TPSA) is 94.2 Å². The standard InChI is InChI=1S/C6H4N2O2.C5H7NO2/c9-8(10)7-5-1-2-6(7)4-3-5;7-4-2-1-3-5(8)6-4/h1-4H;1-3H2,(H,6,7,8). The number of fused-ring (bicyclic) bond motifs is 2. The Morgan fingerprint density at radius 1 is 1.06 bits per heavy atom. The zero-order chi connectivity index (χ0) is 13.1. The van der Waals surface area contributed by atoms with Crippen LogP contribution in [0.25, 0.3) is 11.0 Å². The van der Waals surface area contributed by atoms with E-state index in [9.17, 15) is 19.7 Å². The minimum Gasteiger partial charge on any atom is -0.296 e. The summed E-state index contributed by atoms with van der Waals surface area (Å²) in [6, 6.07) is 6.88. The highest BCUT2D eigenvalue weighted by Crippen LogP contribution is 2.15. The van der Waals surface area contributed by atoms with E-state index in [1.165, 1.54) is 0 Å². The molecular formula is C11H11N3O4. The van der Waals surface area contributed by atoms with Crippen LogP contribution in [0.2, 0.25) is 0 Å². The second kappa shape index (κ2) is 4.82. The molecule has 0 saturated carbocycles. The van der Waals surface area contributed by atoms with Crippen LogP contribution in [-0.2, 0) is 9.59 Å². The van der Waals surface area contributed by atoms with Crippen LogP contribution in [0.15, 0.2) is 24.3 Å². The van der Waals surface area contributed by atoms with Gasteiger partial charge in [0.15, 0.2) is 5.03 Å². The molecule has 2 amide bonds. The molecule has 1 aliphatic rings. The third-order valence-corrected chi connectivity index (χ3v) is 2.59. The molecule has 7 nitrogen and oxygen atoms in total. The van der Waals surface area contributed by atoms with Gasteiger partial charge in [0, 0.05) is 12.8 Å². The van der Waals surface area contributed by atoms with Crippen molar-refractivity contribution < 1.29 is 14.6 Å². The first-order valence-corrected chi connectivity index (χ1v) is 5.45. The Balaban J connectivity index is 0.000000138. The van der Waals surface area contributed by atoms with E-state index in [1.807, 2.05) is 0 Å². The number of imide groups is 1. The number of hydrogen-bond donors (Lipinski definition) is 1. The monoisotopic (exact) mass is 249 g/mol. The molecule has 1 saturated heterocycles. The van der Waals surface area contributed by atoms with Crippen LogP contribution in [0.5, 0.6) is 0 Å². The van der Waals surface area contributed by atoms with E-state index in [-0.39, 0.29) is 11.8 Å². The molecule has 7 heteroatoms. The minimum atomic E-state index is -0.426. The van der Waals surface area contributed by atoms with E-state index in [0.29, 0.717) is 30.3 Å². The number of nitrogens with zero attached hydrogens (tertiary/aromatic N) is 2. The maximum absolute atomic E-state index is 10.3. The van der Waals surface area contributed by atoms with Gasteiger partial charge in [-0.15, -0.1) is 0 Å². The quantitative estimate of drug-likeness (QED) is 0.462. The lowest BCUT2D eigenvalue weighted by Crippen LogP contribution is -2.33. The Bertz CT molecular complexity index is 527. The predicted octanol–water partition coefficient (Wildman–Crippen LogP) is 0.932. The molecule has 2 bridgehead atoms. The fraction of sp³-hybridized carbons (Fsp3) is 0.273. The number of aromatic nitrogens is 1. The van der Waals surface area contributed by atoms with Crippen molar-refractivity contribution in [1.82, 2.24) is 9.99 Å². The molecule has 1 fully saturated rings. The van der Waals surface area contributed by atoms with Gasteiger partial charge in [0.2, 0.25) is 11.8 Å². The van der Waals surface area contributed by atoms with Crippen molar-refractivity contribution in [2.75, 3.05) is 0 Å². The molecule has 2 aromatic rings. The van der Waals surface area contributed by atoms with E-state index in [2.05, 4.69) is 5.32 Å². The molecule has 0 atom stereocenters. The van der Waals surface area contributed by atoms with Gasteiger partial charge in [-0.05, 0) is 30.7 Å². The van der Waals surface area contributed by atoms with Crippen LogP contribution in [0.1, 0.15) is 19.3 Å². The zero-order valence-corrected chi connectivity index (χ0v) is 9.46. The third-order valence-electron chi connectivity index (χ3n) is 2.59. The molecule has 1 aliphatic heterocycles. The predicted molar refractivity (Wildman–Crippen MR) is 62.5 cm³/mol. The van der Waals surface area contributed by atoms with Crippen LogP contribution in [-0.4, -0.2) is 21.5 Å². The van der Waals surface area contributed by atoms with Crippen molar-refractivity contribution in [2.45, 2.75) is 19.3 Å². The second-order valence-corrected chi connectivity index (χ2v) is 3.89. The number of carbonyl (C=O) groups excluding carboxylic acids is 2.